The summed E-state index contributed by atoms with van der Waals surface area (Å²) in [6.45, 7) is 4.26. The molecule has 0 amide bonds. The van der Waals surface area contributed by atoms with Crippen LogP contribution in [0.4, 0.5) is 4.39 Å². The van der Waals surface area contributed by atoms with Gasteiger partial charge in [0.1, 0.15) is 5.82 Å². The van der Waals surface area contributed by atoms with Crippen LogP contribution in [0.1, 0.15) is 31.7 Å². The van der Waals surface area contributed by atoms with Crippen molar-refractivity contribution < 1.29 is 4.39 Å². The van der Waals surface area contributed by atoms with Gasteiger partial charge in [-0.3, -0.25) is 0 Å². The number of hydrogen-bond acceptors (Lipinski definition) is 1. The van der Waals surface area contributed by atoms with E-state index in [1.807, 2.05) is 13.1 Å². The van der Waals surface area contributed by atoms with Crippen LogP contribution in [0.25, 0.3) is 0 Å². The second-order valence-corrected chi connectivity index (χ2v) is 3.88. The molecule has 1 nitrogen and oxygen atoms in total. The molecular weight excluding hydrogens is 177 g/mol. The van der Waals surface area contributed by atoms with E-state index in [9.17, 15) is 4.39 Å². The minimum atomic E-state index is -0.147. The summed E-state index contributed by atoms with van der Waals surface area (Å²) in [4.78, 5) is 0. The Bertz CT molecular complexity index is 285. The zero-order valence-corrected chi connectivity index (χ0v) is 9.05. The van der Waals surface area contributed by atoms with Gasteiger partial charge in [-0.25, -0.2) is 4.39 Å². The molecule has 0 aliphatic rings. The Labute approximate surface area is 85.3 Å². The van der Waals surface area contributed by atoms with E-state index in [2.05, 4.69) is 19.2 Å². The van der Waals surface area contributed by atoms with Gasteiger partial charge in [0.05, 0.1) is 0 Å². The normalized spacial score (nSPS) is 15.1. The third-order valence-corrected chi connectivity index (χ3v) is 2.62. The van der Waals surface area contributed by atoms with Gasteiger partial charge in [0, 0.05) is 6.04 Å². The molecule has 1 N–H and O–H groups in total. The lowest BCUT2D eigenvalue weighted by Gasteiger charge is -2.16. The largest absolute Gasteiger partial charge is 0.317 e. The number of nitrogens with one attached hydrogen (secondary N) is 1. The van der Waals surface area contributed by atoms with Crippen molar-refractivity contribution >= 4 is 0 Å². The zero-order chi connectivity index (χ0) is 10.6. The van der Waals surface area contributed by atoms with E-state index in [4.69, 9.17) is 0 Å². The molecule has 0 saturated carbocycles. The molecule has 1 rings (SSSR count). The zero-order valence-electron chi connectivity index (χ0n) is 9.05. The standard InChI is InChI=1S/C12H18FN/c1-9(7-10(2)14-3)11-5-4-6-12(13)8-11/h4-6,8-10,14H,7H2,1-3H3. The van der Waals surface area contributed by atoms with E-state index >= 15 is 0 Å². The molecule has 0 aliphatic carbocycles. The van der Waals surface area contributed by atoms with Crippen molar-refractivity contribution in [1.29, 1.82) is 0 Å². The second kappa shape index (κ2) is 5.11. The predicted octanol–water partition coefficient (Wildman–Crippen LogP) is 2.93. The molecular formula is C12H18FN. The van der Waals surface area contributed by atoms with Gasteiger partial charge in [0.15, 0.2) is 0 Å². The fraction of sp³-hybridized carbons (Fsp3) is 0.500. The highest BCUT2D eigenvalue weighted by atomic mass is 19.1. The molecule has 0 fully saturated rings. The summed E-state index contributed by atoms with van der Waals surface area (Å²) in [6.07, 6.45) is 1.03. The third kappa shape index (κ3) is 3.11. The average molecular weight is 195 g/mol. The van der Waals surface area contributed by atoms with Crippen LogP contribution in [-0.4, -0.2) is 13.1 Å². The molecule has 2 atom stereocenters. The summed E-state index contributed by atoms with van der Waals surface area (Å²) >= 11 is 0. The van der Waals surface area contributed by atoms with Crippen LogP contribution in [0.5, 0.6) is 0 Å². The first kappa shape index (κ1) is 11.2. The number of rotatable bonds is 4. The lowest BCUT2D eigenvalue weighted by Crippen LogP contribution is -2.22. The molecule has 0 spiro atoms. The molecule has 78 valence electrons. The van der Waals surface area contributed by atoms with Gasteiger partial charge in [-0.2, -0.15) is 0 Å². The van der Waals surface area contributed by atoms with Crippen LogP contribution in [0.2, 0.25) is 0 Å². The topological polar surface area (TPSA) is 12.0 Å². The molecule has 0 aliphatic heterocycles. The van der Waals surface area contributed by atoms with E-state index in [1.165, 1.54) is 6.07 Å². The Morgan fingerprint density at radius 3 is 2.64 bits per heavy atom. The Morgan fingerprint density at radius 2 is 2.07 bits per heavy atom. The maximum absolute atomic E-state index is 12.9. The van der Waals surface area contributed by atoms with E-state index < -0.39 is 0 Å². The Kier molecular flexibility index (Phi) is 4.08. The minimum absolute atomic E-state index is 0.147. The molecule has 2 heteroatoms. The first-order chi connectivity index (χ1) is 6.63. The lowest BCUT2D eigenvalue weighted by molar-refractivity contribution is 0.513. The van der Waals surface area contributed by atoms with Crippen molar-refractivity contribution in [3.05, 3.63) is 35.6 Å². The monoisotopic (exact) mass is 195 g/mol. The van der Waals surface area contributed by atoms with Crippen molar-refractivity contribution in [3.63, 3.8) is 0 Å². The van der Waals surface area contributed by atoms with Gasteiger partial charge in [-0.1, -0.05) is 19.1 Å². The highest BCUT2D eigenvalue weighted by molar-refractivity contribution is 5.20. The van der Waals surface area contributed by atoms with Crippen molar-refractivity contribution in [2.45, 2.75) is 32.2 Å². The molecule has 1 aromatic carbocycles. The van der Waals surface area contributed by atoms with Gasteiger partial charge in [0.2, 0.25) is 0 Å². The van der Waals surface area contributed by atoms with Crippen LogP contribution < -0.4 is 5.32 Å². The molecule has 2 unspecified atom stereocenters. The molecule has 0 radical (unpaired) electrons. The van der Waals surface area contributed by atoms with Gasteiger partial charge < -0.3 is 5.32 Å². The van der Waals surface area contributed by atoms with E-state index in [0.29, 0.717) is 12.0 Å². The summed E-state index contributed by atoms with van der Waals surface area (Å²) in [5.74, 6) is 0.250. The molecule has 0 saturated heterocycles. The van der Waals surface area contributed by atoms with Crippen molar-refractivity contribution in [2.24, 2.45) is 0 Å². The SMILES string of the molecule is CNC(C)CC(C)c1cccc(F)c1. The van der Waals surface area contributed by atoms with Crippen LogP contribution in [0.3, 0.4) is 0 Å². The second-order valence-electron chi connectivity index (χ2n) is 3.88. The molecule has 0 bridgehead atoms. The van der Waals surface area contributed by atoms with Crippen molar-refractivity contribution in [2.75, 3.05) is 7.05 Å². The molecule has 14 heavy (non-hydrogen) atoms. The Balaban J connectivity index is 2.64. The van der Waals surface area contributed by atoms with Gasteiger partial charge in [-0.05, 0) is 44.0 Å². The van der Waals surface area contributed by atoms with Gasteiger partial charge in [-0.15, -0.1) is 0 Å². The average Bonchev–Trinajstić information content (AvgIpc) is 2.17. The Morgan fingerprint density at radius 1 is 1.36 bits per heavy atom. The fourth-order valence-electron chi connectivity index (χ4n) is 1.60. The highest BCUT2D eigenvalue weighted by Gasteiger charge is 2.09. The van der Waals surface area contributed by atoms with Crippen LogP contribution in [0.15, 0.2) is 24.3 Å². The summed E-state index contributed by atoms with van der Waals surface area (Å²) in [7, 11) is 1.95. The quantitative estimate of drug-likeness (QED) is 0.779. The smallest absolute Gasteiger partial charge is 0.123 e. The fourth-order valence-corrected chi connectivity index (χ4v) is 1.60. The van der Waals surface area contributed by atoms with E-state index in [0.717, 1.165) is 12.0 Å². The first-order valence-corrected chi connectivity index (χ1v) is 5.06. The number of benzene rings is 1. The van der Waals surface area contributed by atoms with Gasteiger partial charge >= 0.3 is 0 Å². The van der Waals surface area contributed by atoms with Crippen molar-refractivity contribution in [1.82, 2.24) is 5.32 Å². The third-order valence-electron chi connectivity index (χ3n) is 2.62. The van der Waals surface area contributed by atoms with E-state index in [1.54, 1.807) is 12.1 Å². The van der Waals surface area contributed by atoms with E-state index in [-0.39, 0.29) is 5.82 Å². The van der Waals surface area contributed by atoms with Crippen LogP contribution in [0, 0.1) is 5.82 Å². The number of halogens is 1. The predicted molar refractivity (Wildman–Crippen MR) is 58.0 cm³/mol. The first-order valence-electron chi connectivity index (χ1n) is 5.06. The number of hydrogen-bond donors (Lipinski definition) is 1. The summed E-state index contributed by atoms with van der Waals surface area (Å²) in [6, 6.07) is 7.32. The molecule has 1 aromatic rings. The minimum Gasteiger partial charge on any atom is -0.317 e. The molecule has 0 aromatic heterocycles. The summed E-state index contributed by atoms with van der Waals surface area (Å²) in [5, 5.41) is 3.19. The lowest BCUT2D eigenvalue weighted by atomic mass is 9.94. The van der Waals surface area contributed by atoms with Gasteiger partial charge in [0.25, 0.3) is 0 Å². The maximum Gasteiger partial charge on any atom is 0.123 e. The Hall–Kier alpha value is -0.890. The summed E-state index contributed by atoms with van der Waals surface area (Å²) < 4.78 is 12.9. The van der Waals surface area contributed by atoms with Crippen LogP contribution >= 0.6 is 0 Å². The summed E-state index contributed by atoms with van der Waals surface area (Å²) in [5.41, 5.74) is 1.08. The van der Waals surface area contributed by atoms with Crippen LogP contribution in [-0.2, 0) is 0 Å². The van der Waals surface area contributed by atoms with Crippen molar-refractivity contribution in [3.8, 4) is 0 Å². The maximum atomic E-state index is 12.9. The highest BCUT2D eigenvalue weighted by Crippen LogP contribution is 2.20. The molecule has 0 heterocycles.